The molecule has 19 nitrogen and oxygen atoms in total. The second-order valence-electron chi connectivity index (χ2n) is 21.2. The van der Waals surface area contributed by atoms with Gasteiger partial charge in [0.15, 0.2) is 30.4 Å². The predicted molar refractivity (Wildman–Crippen MR) is 264 cm³/mol. The van der Waals surface area contributed by atoms with Crippen LogP contribution < -0.4 is 0 Å². The maximum absolute atomic E-state index is 14.1. The number of hydrogen-bond acceptors (Lipinski definition) is 19. The Balaban J connectivity index is 1.74. The Labute approximate surface area is 428 Å². The SMILES string of the molecule is CCCCC(OC)O[C@H]1[C@H](O[C@H]2[C@@H](CC=O)C[C@@H](C)C(=O)/C=C/C(C)=C/[C@H](CO[C@]3(C)O[C@H](C)[C@@H](O)[C@@H](OC)[C@H]3OC)[C@@H](CC)OC(=O)C[C@@H](O)[C@@H]2C)O[C@H](C)[C@@H](O[C@H]2C[C@@](C)(O)[C@@H](O)[C@H](C)O2)[C@@H]1N(C)C. The molecule has 3 saturated heterocycles. The second-order valence-corrected chi connectivity index (χ2v) is 21.2. The summed E-state index contributed by atoms with van der Waals surface area (Å²) in [5.41, 5.74) is -0.804. The predicted octanol–water partition coefficient (Wildman–Crippen LogP) is 4.41. The van der Waals surface area contributed by atoms with Crippen LogP contribution in [0.1, 0.15) is 121 Å². The standard InChI is InChI=1S/C53H91NO18/c1-16-18-19-41(62-13)69-47-43(54(11)12)46(70-42-27-52(9,61)49(60)34(8)66-42)33(7)67-51(47)71-45-31(5)38(57)26-40(58)68-39(17-2)36(24-29(3)20-21-37(56)30(4)25-35(45)22-23-55)28-65-53(10)50(64-15)48(63-14)44(59)32(6)72-53/h20-21,23-24,30-36,38-39,41-51,57,59-61H,16-19,22,25-28H2,1-15H3/b21-20+,29-24+/t30-,31+,32-,33-,34+,35+,36-,38-,39-,41?,42+,43+,44-,45-,46-,47-,48-,49+,50-,51+,52-,53-/m1/s1. The van der Waals surface area contributed by atoms with Crippen molar-refractivity contribution >= 4 is 18.0 Å². The molecular formula is C53H91NO18. The van der Waals surface area contributed by atoms with Gasteiger partial charge in [0.05, 0.1) is 55.2 Å². The summed E-state index contributed by atoms with van der Waals surface area (Å²) >= 11 is 0. The molecule has 0 aromatic rings. The first-order chi connectivity index (χ1) is 33.9. The van der Waals surface area contributed by atoms with Crippen LogP contribution in [0.25, 0.3) is 0 Å². The number of methoxy groups -OCH3 is 3. The Morgan fingerprint density at radius 1 is 0.903 bits per heavy atom. The van der Waals surface area contributed by atoms with E-state index < -0.39 is 146 Å². The first-order valence-corrected chi connectivity index (χ1v) is 26.0. The molecule has 0 aliphatic carbocycles. The number of carbonyl (C=O) groups is 3. The fraction of sp³-hybridized carbons (Fsp3) is 0.868. The average Bonchev–Trinajstić information content (AvgIpc) is 3.32. The molecule has 19 heteroatoms. The zero-order valence-electron chi connectivity index (χ0n) is 45.7. The number of likely N-dealkylation sites (N-methyl/N-ethyl adjacent to an activating group) is 1. The van der Waals surface area contributed by atoms with Crippen LogP contribution in [0.15, 0.2) is 23.8 Å². The number of allylic oxidation sites excluding steroid dienone is 3. The van der Waals surface area contributed by atoms with Gasteiger partial charge in [0.25, 0.3) is 0 Å². The summed E-state index contributed by atoms with van der Waals surface area (Å²) in [4.78, 5) is 42.6. The number of esters is 1. The third-order valence-corrected chi connectivity index (χ3v) is 15.1. The number of aliphatic hydroxyl groups is 4. The van der Waals surface area contributed by atoms with Crippen molar-refractivity contribution < 1.29 is 86.9 Å². The zero-order valence-corrected chi connectivity index (χ0v) is 45.7. The molecule has 1 unspecified atom stereocenters. The highest BCUT2D eigenvalue weighted by atomic mass is 16.8. The van der Waals surface area contributed by atoms with Crippen LogP contribution in [0.4, 0.5) is 0 Å². The Kier molecular flexibility index (Phi) is 24.4. The number of unbranched alkanes of at least 4 members (excludes halogenated alkanes) is 1. The molecule has 4 aliphatic heterocycles. The molecule has 416 valence electrons. The second kappa shape index (κ2) is 28.2. The number of cyclic esters (lactones) is 1. The quantitative estimate of drug-likeness (QED) is 0.0797. The van der Waals surface area contributed by atoms with Crippen molar-refractivity contribution in [1.82, 2.24) is 4.90 Å². The van der Waals surface area contributed by atoms with Gasteiger partial charge in [-0.15, -0.1) is 0 Å². The molecule has 72 heavy (non-hydrogen) atoms. The van der Waals surface area contributed by atoms with E-state index in [0.29, 0.717) is 18.4 Å². The van der Waals surface area contributed by atoms with Gasteiger partial charge in [-0.1, -0.05) is 51.8 Å². The number of aldehydes is 1. The minimum Gasteiger partial charge on any atom is -0.462 e. The van der Waals surface area contributed by atoms with Gasteiger partial charge in [-0.05, 0) is 93.3 Å². The summed E-state index contributed by atoms with van der Waals surface area (Å²) in [5.74, 6) is -4.94. The molecule has 0 aromatic carbocycles. The van der Waals surface area contributed by atoms with Crippen LogP contribution in [0.2, 0.25) is 0 Å². The van der Waals surface area contributed by atoms with Gasteiger partial charge in [0.2, 0.25) is 0 Å². The highest BCUT2D eigenvalue weighted by Gasteiger charge is 2.55. The third-order valence-electron chi connectivity index (χ3n) is 15.1. The van der Waals surface area contributed by atoms with Crippen LogP contribution in [0, 0.1) is 23.7 Å². The summed E-state index contributed by atoms with van der Waals surface area (Å²) < 4.78 is 69.5. The van der Waals surface area contributed by atoms with Crippen molar-refractivity contribution in [3.8, 4) is 0 Å². The minimum absolute atomic E-state index is 0.0171. The smallest absolute Gasteiger partial charge is 0.308 e. The van der Waals surface area contributed by atoms with Gasteiger partial charge in [-0.25, -0.2) is 0 Å². The lowest BCUT2D eigenvalue weighted by atomic mass is 9.79. The van der Waals surface area contributed by atoms with E-state index in [2.05, 4.69) is 6.92 Å². The molecule has 4 aliphatic rings. The molecule has 4 heterocycles. The Morgan fingerprint density at radius 2 is 1.60 bits per heavy atom. The van der Waals surface area contributed by atoms with Crippen molar-refractivity contribution in [2.45, 2.75) is 230 Å². The van der Waals surface area contributed by atoms with E-state index in [1.807, 2.05) is 45.8 Å². The van der Waals surface area contributed by atoms with Gasteiger partial charge in [0, 0.05) is 51.9 Å². The van der Waals surface area contributed by atoms with E-state index in [4.69, 9.17) is 52.1 Å². The Hall–Kier alpha value is -2.31. The van der Waals surface area contributed by atoms with E-state index in [1.54, 1.807) is 54.7 Å². The monoisotopic (exact) mass is 1030 g/mol. The van der Waals surface area contributed by atoms with Crippen molar-refractivity contribution in [1.29, 1.82) is 0 Å². The molecule has 0 amide bonds. The van der Waals surface area contributed by atoms with Gasteiger partial charge in [0.1, 0.15) is 49.0 Å². The van der Waals surface area contributed by atoms with E-state index in [0.717, 1.165) is 19.1 Å². The lowest BCUT2D eigenvalue weighted by Crippen LogP contribution is -2.66. The van der Waals surface area contributed by atoms with Crippen LogP contribution in [-0.2, 0) is 66.5 Å². The number of ether oxygens (including phenoxy) is 11. The van der Waals surface area contributed by atoms with Crippen LogP contribution >= 0.6 is 0 Å². The number of aliphatic hydroxyl groups excluding tert-OH is 3. The Morgan fingerprint density at radius 3 is 2.18 bits per heavy atom. The average molecular weight is 1030 g/mol. The van der Waals surface area contributed by atoms with Crippen molar-refractivity contribution in [2.75, 3.05) is 42.0 Å². The van der Waals surface area contributed by atoms with Crippen molar-refractivity contribution in [3.63, 3.8) is 0 Å². The van der Waals surface area contributed by atoms with Crippen molar-refractivity contribution in [2.24, 2.45) is 23.7 Å². The molecule has 22 atom stereocenters. The molecule has 0 saturated carbocycles. The molecular weight excluding hydrogens is 939 g/mol. The summed E-state index contributed by atoms with van der Waals surface area (Å²) in [6.45, 7) is 17.7. The highest BCUT2D eigenvalue weighted by molar-refractivity contribution is 5.91. The number of carbonyl (C=O) groups excluding carboxylic acids is 3. The van der Waals surface area contributed by atoms with E-state index in [-0.39, 0.29) is 31.7 Å². The molecule has 0 aromatic heterocycles. The normalized spacial score (nSPS) is 43.7. The molecule has 3 fully saturated rings. The first kappa shape index (κ1) is 62.2. The first-order valence-electron chi connectivity index (χ1n) is 26.0. The molecule has 0 bridgehead atoms. The van der Waals surface area contributed by atoms with E-state index in [9.17, 15) is 34.8 Å². The number of rotatable bonds is 19. The lowest BCUT2D eigenvalue weighted by molar-refractivity contribution is -0.359. The number of nitrogens with zero attached hydrogens (tertiary/aromatic N) is 1. The lowest BCUT2D eigenvalue weighted by Gasteiger charge is -2.51. The fourth-order valence-corrected chi connectivity index (χ4v) is 10.8. The fourth-order valence-electron chi connectivity index (χ4n) is 10.8. The van der Waals surface area contributed by atoms with Gasteiger partial charge < -0.3 is 82.2 Å². The van der Waals surface area contributed by atoms with Gasteiger partial charge >= 0.3 is 5.97 Å². The summed E-state index contributed by atoms with van der Waals surface area (Å²) in [6.07, 6.45) is -5.32. The topological polar surface area (TPSA) is 237 Å². The molecule has 4 rings (SSSR count). The van der Waals surface area contributed by atoms with Gasteiger partial charge in [-0.2, -0.15) is 0 Å². The maximum Gasteiger partial charge on any atom is 0.308 e. The number of ketones is 1. The zero-order chi connectivity index (χ0) is 53.8. The van der Waals surface area contributed by atoms with E-state index in [1.165, 1.54) is 20.3 Å². The third kappa shape index (κ3) is 15.9. The highest BCUT2D eigenvalue weighted by Crippen LogP contribution is 2.40. The number of hydrogen-bond donors (Lipinski definition) is 4. The minimum atomic E-state index is -1.49. The van der Waals surface area contributed by atoms with Gasteiger partial charge in [-0.3, -0.25) is 9.59 Å². The summed E-state index contributed by atoms with van der Waals surface area (Å²) in [7, 11) is 8.24. The molecule has 0 radical (unpaired) electrons. The largest absolute Gasteiger partial charge is 0.462 e. The maximum atomic E-state index is 14.1. The molecule has 4 N–H and O–H groups in total. The van der Waals surface area contributed by atoms with E-state index >= 15 is 0 Å². The van der Waals surface area contributed by atoms with Crippen LogP contribution in [-0.4, -0.2) is 195 Å². The van der Waals surface area contributed by atoms with Crippen LogP contribution in [0.5, 0.6) is 0 Å². The molecule has 0 spiro atoms. The van der Waals surface area contributed by atoms with Crippen LogP contribution in [0.3, 0.4) is 0 Å². The summed E-state index contributed by atoms with van der Waals surface area (Å²) in [6, 6.07) is -0.603. The summed E-state index contributed by atoms with van der Waals surface area (Å²) in [5, 5.41) is 44.8. The Bertz CT molecular complexity index is 1750. The van der Waals surface area contributed by atoms with Crippen molar-refractivity contribution in [3.05, 3.63) is 23.8 Å².